The molecule has 0 aromatic heterocycles. The van der Waals surface area contributed by atoms with Gasteiger partial charge >= 0.3 is 0 Å². The van der Waals surface area contributed by atoms with Crippen molar-refractivity contribution in [2.24, 2.45) is 0 Å². The number of nitro benzene ring substituents is 1. The molecule has 0 aliphatic rings. The van der Waals surface area contributed by atoms with Crippen molar-refractivity contribution in [2.75, 3.05) is 11.9 Å². The summed E-state index contributed by atoms with van der Waals surface area (Å²) in [4.78, 5) is 22.4. The zero-order valence-electron chi connectivity index (χ0n) is 12.0. The topological polar surface area (TPSA) is 81.5 Å². The van der Waals surface area contributed by atoms with Gasteiger partial charge in [0.1, 0.15) is 5.75 Å². The monoisotopic (exact) mass is 398 g/mol. The van der Waals surface area contributed by atoms with Crippen molar-refractivity contribution in [2.45, 2.75) is 6.92 Å². The number of amides is 1. The molecule has 0 aliphatic carbocycles. The fraction of sp³-hybridized carbons (Fsp3) is 0.133. The van der Waals surface area contributed by atoms with Crippen LogP contribution in [-0.4, -0.2) is 17.4 Å². The van der Waals surface area contributed by atoms with E-state index in [1.165, 1.54) is 18.2 Å². The summed E-state index contributed by atoms with van der Waals surface area (Å²) in [6.07, 6.45) is 0. The van der Waals surface area contributed by atoms with Crippen LogP contribution in [-0.2, 0) is 0 Å². The fourth-order valence-electron chi connectivity index (χ4n) is 1.83. The summed E-state index contributed by atoms with van der Waals surface area (Å²) in [5.41, 5.74) is 0.554. The lowest BCUT2D eigenvalue weighted by Gasteiger charge is -2.09. The molecular formula is C15H12BrClN2O4. The van der Waals surface area contributed by atoms with Crippen LogP contribution in [0.5, 0.6) is 5.75 Å². The van der Waals surface area contributed by atoms with Gasteiger partial charge in [-0.15, -0.1) is 0 Å². The number of nitrogens with one attached hydrogen (secondary N) is 1. The number of ether oxygens (including phenoxy) is 1. The first-order valence-electron chi connectivity index (χ1n) is 6.60. The predicted molar refractivity (Wildman–Crippen MR) is 91.4 cm³/mol. The number of nitrogens with zero attached hydrogens (tertiary/aromatic N) is 1. The first-order chi connectivity index (χ1) is 10.9. The molecule has 120 valence electrons. The number of halogens is 2. The highest BCUT2D eigenvalue weighted by atomic mass is 79.9. The Morgan fingerprint density at radius 2 is 2.09 bits per heavy atom. The number of nitro groups is 1. The smallest absolute Gasteiger partial charge is 0.271 e. The molecule has 0 heterocycles. The third kappa shape index (κ3) is 4.20. The number of rotatable bonds is 5. The molecule has 8 heteroatoms. The molecule has 0 radical (unpaired) electrons. The number of hydrogen-bond acceptors (Lipinski definition) is 4. The Labute approximate surface area is 145 Å². The molecule has 1 amide bonds. The van der Waals surface area contributed by atoms with Crippen LogP contribution in [0.4, 0.5) is 11.4 Å². The van der Waals surface area contributed by atoms with E-state index in [1.807, 2.05) is 6.92 Å². The lowest BCUT2D eigenvalue weighted by atomic mass is 10.2. The molecule has 2 rings (SSSR count). The third-order valence-electron chi connectivity index (χ3n) is 2.91. The highest BCUT2D eigenvalue weighted by molar-refractivity contribution is 9.10. The van der Waals surface area contributed by atoms with Crippen molar-refractivity contribution >= 4 is 44.8 Å². The van der Waals surface area contributed by atoms with E-state index in [4.69, 9.17) is 16.3 Å². The molecule has 0 bridgehead atoms. The summed E-state index contributed by atoms with van der Waals surface area (Å²) in [6, 6.07) is 8.77. The maximum absolute atomic E-state index is 12.2. The minimum absolute atomic E-state index is 0.0950. The van der Waals surface area contributed by atoms with Crippen LogP contribution < -0.4 is 10.1 Å². The van der Waals surface area contributed by atoms with Gasteiger partial charge in [0, 0.05) is 17.7 Å². The molecule has 6 nitrogen and oxygen atoms in total. The molecule has 0 aliphatic heterocycles. The van der Waals surface area contributed by atoms with Crippen molar-refractivity contribution in [3.8, 4) is 5.75 Å². The summed E-state index contributed by atoms with van der Waals surface area (Å²) < 4.78 is 6.04. The molecule has 0 spiro atoms. The number of hydrogen-bond donors (Lipinski definition) is 1. The van der Waals surface area contributed by atoms with Crippen LogP contribution >= 0.6 is 27.5 Å². The second kappa shape index (κ2) is 7.43. The third-order valence-corrected chi connectivity index (χ3v) is 3.84. The largest absolute Gasteiger partial charge is 0.493 e. The molecule has 2 aromatic carbocycles. The van der Waals surface area contributed by atoms with E-state index in [1.54, 1.807) is 18.2 Å². The molecule has 1 N–H and O–H groups in total. The maximum Gasteiger partial charge on any atom is 0.271 e. The molecule has 23 heavy (non-hydrogen) atoms. The van der Waals surface area contributed by atoms with Crippen molar-refractivity contribution in [1.82, 2.24) is 0 Å². The lowest BCUT2D eigenvalue weighted by molar-refractivity contribution is -0.384. The summed E-state index contributed by atoms with van der Waals surface area (Å²) in [6.45, 7) is 2.38. The number of carbonyl (C=O) groups excluding carboxylic acids is 1. The second-order valence-electron chi connectivity index (χ2n) is 4.45. The maximum atomic E-state index is 12.2. The van der Waals surface area contributed by atoms with E-state index in [9.17, 15) is 14.9 Å². The Balaban J connectivity index is 2.19. The average Bonchev–Trinajstić information content (AvgIpc) is 2.51. The van der Waals surface area contributed by atoms with Crippen molar-refractivity contribution in [3.05, 3.63) is 61.6 Å². The zero-order chi connectivity index (χ0) is 17.0. The Bertz CT molecular complexity index is 767. The molecule has 2 aromatic rings. The number of non-ortho nitro benzene ring substituents is 1. The van der Waals surface area contributed by atoms with Gasteiger partial charge in [-0.3, -0.25) is 14.9 Å². The van der Waals surface area contributed by atoms with E-state index in [-0.39, 0.29) is 16.6 Å². The van der Waals surface area contributed by atoms with Gasteiger partial charge in [-0.05, 0) is 47.1 Å². The standard InChI is InChI=1S/C15H12BrClN2O4/c1-2-23-14-6-3-9(7-11(14)16)15(20)18-13-5-4-10(19(21)22)8-12(13)17/h3-8H,2H2,1H3,(H,18,20). The van der Waals surface area contributed by atoms with Crippen LogP contribution in [0.25, 0.3) is 0 Å². The predicted octanol–water partition coefficient (Wildman–Crippen LogP) is 4.66. The van der Waals surface area contributed by atoms with Gasteiger partial charge < -0.3 is 10.1 Å². The van der Waals surface area contributed by atoms with Gasteiger partial charge in [-0.2, -0.15) is 0 Å². The zero-order valence-corrected chi connectivity index (χ0v) is 14.3. The minimum Gasteiger partial charge on any atom is -0.493 e. The first-order valence-corrected chi connectivity index (χ1v) is 7.77. The molecule has 0 saturated heterocycles. The lowest BCUT2D eigenvalue weighted by Crippen LogP contribution is -2.12. The molecule has 0 atom stereocenters. The van der Waals surface area contributed by atoms with Crippen LogP contribution in [0.15, 0.2) is 40.9 Å². The average molecular weight is 400 g/mol. The summed E-state index contributed by atoms with van der Waals surface area (Å²) in [7, 11) is 0. The van der Waals surface area contributed by atoms with Gasteiger partial charge in [-0.25, -0.2) is 0 Å². The van der Waals surface area contributed by atoms with Gasteiger partial charge in [0.2, 0.25) is 0 Å². The van der Waals surface area contributed by atoms with E-state index in [2.05, 4.69) is 21.2 Å². The normalized spacial score (nSPS) is 10.2. The Hall–Kier alpha value is -2.12. The van der Waals surface area contributed by atoms with Gasteiger partial charge in [-0.1, -0.05) is 11.6 Å². The first kappa shape index (κ1) is 17.2. The summed E-state index contributed by atoms with van der Waals surface area (Å²) in [5.74, 6) is 0.252. The van der Waals surface area contributed by atoms with Gasteiger partial charge in [0.15, 0.2) is 0 Å². The molecule has 0 unspecified atom stereocenters. The highest BCUT2D eigenvalue weighted by Gasteiger charge is 2.14. The second-order valence-corrected chi connectivity index (χ2v) is 5.72. The Morgan fingerprint density at radius 1 is 1.35 bits per heavy atom. The number of carbonyl (C=O) groups is 1. The highest BCUT2D eigenvalue weighted by Crippen LogP contribution is 2.29. The molecule has 0 saturated carbocycles. The van der Waals surface area contributed by atoms with Crippen LogP contribution in [0.2, 0.25) is 5.02 Å². The van der Waals surface area contributed by atoms with Crippen molar-refractivity contribution in [3.63, 3.8) is 0 Å². The Kier molecular flexibility index (Phi) is 5.57. The molecular weight excluding hydrogens is 388 g/mol. The fourth-order valence-corrected chi connectivity index (χ4v) is 2.54. The summed E-state index contributed by atoms with van der Waals surface area (Å²) >= 11 is 9.29. The van der Waals surface area contributed by atoms with Crippen LogP contribution in [0.1, 0.15) is 17.3 Å². The minimum atomic E-state index is -0.555. The van der Waals surface area contributed by atoms with Crippen molar-refractivity contribution < 1.29 is 14.5 Å². The van der Waals surface area contributed by atoms with E-state index >= 15 is 0 Å². The van der Waals surface area contributed by atoms with E-state index in [0.717, 1.165) is 0 Å². The van der Waals surface area contributed by atoms with Crippen LogP contribution in [0.3, 0.4) is 0 Å². The summed E-state index contributed by atoms with van der Waals surface area (Å²) in [5, 5.41) is 13.4. The van der Waals surface area contributed by atoms with Gasteiger partial charge in [0.05, 0.1) is 26.7 Å². The quantitative estimate of drug-likeness (QED) is 0.585. The SMILES string of the molecule is CCOc1ccc(C(=O)Nc2ccc([N+](=O)[O-])cc2Cl)cc1Br. The van der Waals surface area contributed by atoms with Crippen LogP contribution in [0, 0.1) is 10.1 Å². The molecule has 0 fully saturated rings. The Morgan fingerprint density at radius 3 is 2.65 bits per heavy atom. The van der Waals surface area contributed by atoms with Gasteiger partial charge in [0.25, 0.3) is 11.6 Å². The number of benzene rings is 2. The van der Waals surface area contributed by atoms with E-state index in [0.29, 0.717) is 28.1 Å². The van der Waals surface area contributed by atoms with E-state index < -0.39 is 4.92 Å². The van der Waals surface area contributed by atoms with Crippen molar-refractivity contribution in [1.29, 1.82) is 0 Å². The number of anilines is 1.